The van der Waals surface area contributed by atoms with E-state index in [1.807, 2.05) is 0 Å². The summed E-state index contributed by atoms with van der Waals surface area (Å²) in [5.41, 5.74) is 10.5. The average molecular weight is 194 g/mol. The zero-order valence-electron chi connectivity index (χ0n) is 11.8. The van der Waals surface area contributed by atoms with E-state index in [1.54, 1.807) is 5.56 Å². The molecule has 0 bridgehead atoms. The van der Waals surface area contributed by atoms with Gasteiger partial charge in [-0.1, -0.05) is 11.6 Å². The third-order valence-corrected chi connectivity index (χ3v) is 3.63. The first kappa shape index (κ1) is 12.6. The first-order chi connectivity index (χ1) is 6.52. The summed E-state index contributed by atoms with van der Waals surface area (Å²) in [4.78, 5) is 0. The van der Waals surface area contributed by atoms with Crippen LogP contribution in [0.5, 0.6) is 0 Å². The normalized spacial score (nSPS) is 13.9. The summed E-state index contributed by atoms with van der Waals surface area (Å²) in [6.07, 6.45) is 1.16. The van der Waals surface area contributed by atoms with Gasteiger partial charge in [-0.05, 0) is 74.4 Å². The van der Waals surface area contributed by atoms with Crippen LogP contribution in [0, 0.1) is 20.8 Å². The predicted octanol–water partition coefficient (Wildman–Crippen LogP) is 1.08. The summed E-state index contributed by atoms with van der Waals surface area (Å²) >= 11 is 0. The summed E-state index contributed by atoms with van der Waals surface area (Å²) in [5.74, 6) is 0. The number of allylic oxidation sites excluding steroid dienone is 2. The van der Waals surface area contributed by atoms with Crippen molar-refractivity contribution < 1.29 is 20.3 Å². The minimum Gasteiger partial charge on any atom is -1.00 e. The Balaban J connectivity index is 0.00000112. The molecule has 0 aliphatic heterocycles. The Bertz CT molecular complexity index is 445. The Hall–Kier alpha value is -0.443. The van der Waals surface area contributed by atoms with Crippen molar-refractivity contribution in [1.82, 2.24) is 0 Å². The van der Waals surface area contributed by atoms with E-state index < -0.39 is 0 Å². The van der Waals surface area contributed by atoms with Crippen LogP contribution in [0.3, 0.4) is 0 Å². The first-order valence-electron chi connectivity index (χ1n) is 5.28. The molecule has 0 saturated heterocycles. The van der Waals surface area contributed by atoms with Crippen molar-refractivity contribution in [1.29, 1.82) is 0 Å². The fourth-order valence-corrected chi connectivity index (χ4v) is 2.52. The minimum absolute atomic E-state index is 0. The molecule has 15 heavy (non-hydrogen) atoms. The van der Waals surface area contributed by atoms with Crippen molar-refractivity contribution in [2.75, 3.05) is 0 Å². The maximum atomic E-state index is 2.32. The van der Waals surface area contributed by atoms with Gasteiger partial charge in [0.2, 0.25) is 0 Å². The third kappa shape index (κ3) is 1.82. The standard InChI is InChI=1S/C14H18.Li.H/c1-8-6-10(3)14-12(5)9(2)7-13(14)11(8)4;;/h6H,7H2,1-5H3;;/q;+1;-1. The molecule has 1 aliphatic carbocycles. The summed E-state index contributed by atoms with van der Waals surface area (Å²) < 4.78 is 0. The third-order valence-electron chi connectivity index (χ3n) is 3.63. The summed E-state index contributed by atoms with van der Waals surface area (Å²) in [5, 5.41) is 0. The number of aryl methyl sites for hydroxylation is 2. The predicted molar refractivity (Wildman–Crippen MR) is 63.7 cm³/mol. The number of hydrogen-bond donors (Lipinski definition) is 0. The molecule has 0 N–H and O–H groups in total. The molecule has 0 saturated carbocycles. The second kappa shape index (κ2) is 4.20. The van der Waals surface area contributed by atoms with Crippen molar-refractivity contribution >= 4 is 5.57 Å². The topological polar surface area (TPSA) is 0 Å². The van der Waals surface area contributed by atoms with Gasteiger partial charge in [0.25, 0.3) is 0 Å². The Kier molecular flexibility index (Phi) is 3.54. The number of rotatable bonds is 0. The van der Waals surface area contributed by atoms with E-state index in [0.717, 1.165) is 6.42 Å². The van der Waals surface area contributed by atoms with Crippen molar-refractivity contribution in [3.8, 4) is 0 Å². The Morgan fingerprint density at radius 1 is 1.00 bits per heavy atom. The van der Waals surface area contributed by atoms with Gasteiger partial charge in [-0.2, -0.15) is 0 Å². The smallest absolute Gasteiger partial charge is 1.00 e. The van der Waals surface area contributed by atoms with E-state index in [2.05, 4.69) is 40.7 Å². The van der Waals surface area contributed by atoms with Crippen LogP contribution < -0.4 is 18.9 Å². The van der Waals surface area contributed by atoms with Gasteiger partial charge in [-0.15, -0.1) is 0 Å². The van der Waals surface area contributed by atoms with Gasteiger partial charge in [0, 0.05) is 0 Å². The fourth-order valence-electron chi connectivity index (χ4n) is 2.52. The van der Waals surface area contributed by atoms with Crippen LogP contribution in [0.1, 0.15) is 43.1 Å². The van der Waals surface area contributed by atoms with Crippen LogP contribution in [-0.2, 0) is 6.42 Å². The Morgan fingerprint density at radius 2 is 1.60 bits per heavy atom. The molecule has 1 aromatic carbocycles. The SMILES string of the molecule is CC1=C(C)c2c(C)cc(C)c(C)c2C1.[H-].[Li+]. The summed E-state index contributed by atoms with van der Waals surface area (Å²) in [6, 6.07) is 2.32. The molecule has 1 aromatic rings. The molecular weight excluding hydrogens is 175 g/mol. The molecule has 0 atom stereocenters. The van der Waals surface area contributed by atoms with Gasteiger partial charge in [-0.3, -0.25) is 0 Å². The summed E-state index contributed by atoms with van der Waals surface area (Å²) in [6.45, 7) is 11.2. The van der Waals surface area contributed by atoms with E-state index in [0.29, 0.717) is 0 Å². The molecule has 0 nitrogen and oxygen atoms in total. The van der Waals surface area contributed by atoms with Crippen LogP contribution in [0.15, 0.2) is 11.6 Å². The molecule has 1 heteroatoms. The van der Waals surface area contributed by atoms with E-state index in [1.165, 1.54) is 33.4 Å². The Labute approximate surface area is 106 Å². The molecule has 0 fully saturated rings. The number of hydrogen-bond acceptors (Lipinski definition) is 0. The second-order valence-electron chi connectivity index (χ2n) is 4.57. The maximum absolute atomic E-state index is 2.32. The van der Waals surface area contributed by atoms with Crippen molar-refractivity contribution in [2.45, 2.75) is 41.0 Å². The summed E-state index contributed by atoms with van der Waals surface area (Å²) in [7, 11) is 0. The van der Waals surface area contributed by atoms with Crippen molar-refractivity contribution in [3.63, 3.8) is 0 Å². The van der Waals surface area contributed by atoms with Crippen molar-refractivity contribution in [2.24, 2.45) is 0 Å². The van der Waals surface area contributed by atoms with Crippen LogP contribution in [-0.4, -0.2) is 0 Å². The average Bonchev–Trinajstić information content (AvgIpc) is 2.40. The monoisotopic (exact) mass is 194 g/mol. The molecule has 0 heterocycles. The number of fused-ring (bicyclic) bond motifs is 1. The minimum atomic E-state index is 0. The molecular formula is C14H19Li. The molecule has 0 spiro atoms. The quantitative estimate of drug-likeness (QED) is 0.542. The van der Waals surface area contributed by atoms with Crippen LogP contribution in [0.25, 0.3) is 5.57 Å². The molecule has 0 amide bonds. The second-order valence-corrected chi connectivity index (χ2v) is 4.57. The van der Waals surface area contributed by atoms with E-state index in [-0.39, 0.29) is 20.3 Å². The maximum Gasteiger partial charge on any atom is 1.00 e. The molecule has 0 unspecified atom stereocenters. The van der Waals surface area contributed by atoms with Gasteiger partial charge in [0.05, 0.1) is 0 Å². The van der Waals surface area contributed by atoms with Gasteiger partial charge >= 0.3 is 18.9 Å². The molecule has 2 rings (SSSR count). The van der Waals surface area contributed by atoms with Crippen molar-refractivity contribution in [3.05, 3.63) is 39.5 Å². The van der Waals surface area contributed by atoms with E-state index >= 15 is 0 Å². The van der Waals surface area contributed by atoms with Gasteiger partial charge < -0.3 is 1.43 Å². The Morgan fingerprint density at radius 3 is 2.20 bits per heavy atom. The molecule has 0 radical (unpaired) electrons. The van der Waals surface area contributed by atoms with Crippen LogP contribution in [0.2, 0.25) is 0 Å². The first-order valence-corrected chi connectivity index (χ1v) is 5.28. The van der Waals surface area contributed by atoms with Crippen LogP contribution in [0.4, 0.5) is 0 Å². The van der Waals surface area contributed by atoms with Gasteiger partial charge in [0.1, 0.15) is 0 Å². The largest absolute Gasteiger partial charge is 1.00 e. The number of benzene rings is 1. The van der Waals surface area contributed by atoms with Gasteiger partial charge in [-0.25, -0.2) is 0 Å². The molecule has 1 aliphatic rings. The molecule has 76 valence electrons. The zero-order valence-corrected chi connectivity index (χ0v) is 10.8. The van der Waals surface area contributed by atoms with Crippen LogP contribution >= 0.6 is 0 Å². The zero-order chi connectivity index (χ0) is 10.5. The van der Waals surface area contributed by atoms with E-state index in [4.69, 9.17) is 0 Å². The van der Waals surface area contributed by atoms with E-state index in [9.17, 15) is 0 Å². The molecule has 0 aromatic heterocycles. The van der Waals surface area contributed by atoms with Gasteiger partial charge in [0.15, 0.2) is 0 Å². The fraction of sp³-hybridized carbons (Fsp3) is 0.429.